The summed E-state index contributed by atoms with van der Waals surface area (Å²) < 4.78 is 0. The number of rotatable bonds is 5. The van der Waals surface area contributed by atoms with Crippen LogP contribution in [0.25, 0.3) is 6.08 Å². The molecule has 0 aromatic heterocycles. The molecule has 4 nitrogen and oxygen atoms in total. The second-order valence-electron chi connectivity index (χ2n) is 6.19. The monoisotopic (exact) mass is 287 g/mol. The number of carboxylic acids is 1. The highest BCUT2D eigenvalue weighted by Crippen LogP contribution is 2.39. The first-order valence-electron chi connectivity index (χ1n) is 7.14. The van der Waals surface area contributed by atoms with Crippen LogP contribution in [0.5, 0.6) is 0 Å². The molecule has 2 N–H and O–H groups in total. The highest BCUT2D eigenvalue weighted by molar-refractivity contribution is 5.95. The molecule has 0 unspecified atom stereocenters. The summed E-state index contributed by atoms with van der Waals surface area (Å²) in [7, 11) is 0. The van der Waals surface area contributed by atoms with E-state index in [1.165, 1.54) is 18.9 Å². The number of aryl methyl sites for hydroxylation is 1. The van der Waals surface area contributed by atoms with E-state index in [4.69, 9.17) is 5.11 Å². The Kier molecular flexibility index (Phi) is 4.16. The van der Waals surface area contributed by atoms with Crippen molar-refractivity contribution >= 4 is 18.0 Å². The summed E-state index contributed by atoms with van der Waals surface area (Å²) >= 11 is 0. The maximum Gasteiger partial charge on any atom is 0.328 e. The topological polar surface area (TPSA) is 66.4 Å². The Hall–Kier alpha value is -2.10. The number of nitrogens with one attached hydrogen (secondary N) is 1. The minimum atomic E-state index is -0.984. The van der Waals surface area contributed by atoms with Crippen LogP contribution >= 0.6 is 0 Å². The molecule has 1 aromatic rings. The molecule has 1 aliphatic rings. The maximum atomic E-state index is 12.3. The average Bonchev–Trinajstić information content (AvgIpc) is 3.21. The van der Waals surface area contributed by atoms with Crippen LogP contribution in [0, 0.1) is 12.8 Å². The number of carboxylic acid groups (broad SMARTS) is 1. The van der Waals surface area contributed by atoms with Crippen molar-refractivity contribution < 1.29 is 14.7 Å². The second kappa shape index (κ2) is 5.72. The van der Waals surface area contributed by atoms with Crippen LogP contribution in [-0.2, 0) is 4.79 Å². The van der Waals surface area contributed by atoms with Crippen molar-refractivity contribution in [3.63, 3.8) is 0 Å². The van der Waals surface area contributed by atoms with Gasteiger partial charge in [-0.25, -0.2) is 4.79 Å². The zero-order valence-electron chi connectivity index (χ0n) is 12.6. The standard InChI is InChI=1S/C17H21NO3/c1-11-10-13(5-4-12(11)6-9-15(19)20)16(21)18-17(2,3)14-7-8-14/h4-6,9-10,14H,7-8H2,1-3H3,(H,18,21)(H,19,20)/b9-6+. The molecule has 0 spiro atoms. The molecule has 1 fully saturated rings. The van der Waals surface area contributed by atoms with Crippen LogP contribution in [0.3, 0.4) is 0 Å². The fraction of sp³-hybridized carbons (Fsp3) is 0.412. The molecular weight excluding hydrogens is 266 g/mol. The summed E-state index contributed by atoms with van der Waals surface area (Å²) in [5, 5.41) is 11.7. The third-order valence-electron chi connectivity index (χ3n) is 3.97. The number of hydrogen-bond donors (Lipinski definition) is 2. The fourth-order valence-electron chi connectivity index (χ4n) is 2.44. The summed E-state index contributed by atoms with van der Waals surface area (Å²) in [6.07, 6.45) is 4.97. The Balaban J connectivity index is 2.12. The lowest BCUT2D eigenvalue weighted by Crippen LogP contribution is -2.45. The predicted molar refractivity (Wildman–Crippen MR) is 82.1 cm³/mol. The van der Waals surface area contributed by atoms with Gasteiger partial charge in [-0.2, -0.15) is 0 Å². The van der Waals surface area contributed by atoms with Crippen LogP contribution in [0.2, 0.25) is 0 Å². The first-order chi connectivity index (χ1) is 9.79. The first kappa shape index (κ1) is 15.3. The van der Waals surface area contributed by atoms with Crippen LogP contribution in [0.15, 0.2) is 24.3 Å². The Morgan fingerprint density at radius 3 is 2.52 bits per heavy atom. The van der Waals surface area contributed by atoms with Gasteiger partial charge in [0.25, 0.3) is 5.91 Å². The molecule has 0 radical (unpaired) electrons. The van der Waals surface area contributed by atoms with Gasteiger partial charge in [-0.3, -0.25) is 4.79 Å². The summed E-state index contributed by atoms with van der Waals surface area (Å²) in [6.45, 7) is 5.98. The van der Waals surface area contributed by atoms with E-state index < -0.39 is 5.97 Å². The van der Waals surface area contributed by atoms with E-state index in [-0.39, 0.29) is 11.4 Å². The van der Waals surface area contributed by atoms with Gasteiger partial charge in [0.1, 0.15) is 0 Å². The van der Waals surface area contributed by atoms with E-state index >= 15 is 0 Å². The third-order valence-corrected chi connectivity index (χ3v) is 3.97. The minimum Gasteiger partial charge on any atom is -0.478 e. The van der Waals surface area contributed by atoms with E-state index in [1.807, 2.05) is 6.92 Å². The fourth-order valence-corrected chi connectivity index (χ4v) is 2.44. The number of hydrogen-bond acceptors (Lipinski definition) is 2. The largest absolute Gasteiger partial charge is 0.478 e. The van der Waals surface area contributed by atoms with E-state index in [0.717, 1.165) is 17.2 Å². The van der Waals surface area contributed by atoms with Gasteiger partial charge in [0, 0.05) is 17.2 Å². The Morgan fingerprint density at radius 1 is 1.33 bits per heavy atom. The van der Waals surface area contributed by atoms with Gasteiger partial charge in [0.2, 0.25) is 0 Å². The quantitative estimate of drug-likeness (QED) is 0.818. The molecule has 0 aliphatic heterocycles. The van der Waals surface area contributed by atoms with Crippen LogP contribution < -0.4 is 5.32 Å². The van der Waals surface area contributed by atoms with Crippen molar-refractivity contribution in [2.24, 2.45) is 5.92 Å². The molecule has 0 atom stereocenters. The molecule has 0 saturated heterocycles. The van der Waals surface area contributed by atoms with E-state index in [9.17, 15) is 9.59 Å². The van der Waals surface area contributed by atoms with Crippen LogP contribution in [0.1, 0.15) is 48.2 Å². The lowest BCUT2D eigenvalue weighted by molar-refractivity contribution is -0.131. The van der Waals surface area contributed by atoms with Gasteiger partial charge in [0.05, 0.1) is 0 Å². The van der Waals surface area contributed by atoms with Crippen LogP contribution in [0.4, 0.5) is 0 Å². The maximum absolute atomic E-state index is 12.3. The van der Waals surface area contributed by atoms with Gasteiger partial charge in [-0.15, -0.1) is 0 Å². The van der Waals surface area contributed by atoms with Crippen molar-refractivity contribution in [2.45, 2.75) is 39.2 Å². The number of carbonyl (C=O) groups excluding carboxylic acids is 1. The Labute approximate surface area is 124 Å². The van der Waals surface area contributed by atoms with E-state index in [2.05, 4.69) is 19.2 Å². The first-order valence-corrected chi connectivity index (χ1v) is 7.14. The average molecular weight is 287 g/mol. The molecule has 4 heteroatoms. The van der Waals surface area contributed by atoms with Gasteiger partial charge in [0.15, 0.2) is 0 Å². The summed E-state index contributed by atoms with van der Waals surface area (Å²) in [5.41, 5.74) is 2.11. The zero-order valence-corrected chi connectivity index (χ0v) is 12.6. The molecule has 0 bridgehead atoms. The SMILES string of the molecule is Cc1cc(C(=O)NC(C)(C)C2CC2)ccc1/C=C/C(=O)O. The van der Waals surface area contributed by atoms with Crippen molar-refractivity contribution in [1.82, 2.24) is 5.32 Å². The zero-order chi connectivity index (χ0) is 15.6. The van der Waals surface area contributed by atoms with Crippen LogP contribution in [-0.4, -0.2) is 22.5 Å². The predicted octanol–water partition coefficient (Wildman–Crippen LogP) is 3.01. The Morgan fingerprint density at radius 2 is 2.00 bits per heavy atom. The van der Waals surface area contributed by atoms with Crippen molar-refractivity contribution in [3.8, 4) is 0 Å². The number of benzene rings is 1. The molecule has 1 saturated carbocycles. The van der Waals surface area contributed by atoms with Gasteiger partial charge in [-0.05, 0) is 68.9 Å². The second-order valence-corrected chi connectivity index (χ2v) is 6.19. The smallest absolute Gasteiger partial charge is 0.328 e. The molecule has 1 amide bonds. The normalized spacial score (nSPS) is 15.2. The van der Waals surface area contributed by atoms with Gasteiger partial charge >= 0.3 is 5.97 Å². The minimum absolute atomic E-state index is 0.0798. The molecule has 21 heavy (non-hydrogen) atoms. The number of aliphatic carboxylic acids is 1. The third kappa shape index (κ3) is 3.94. The molecule has 1 aliphatic carbocycles. The molecular formula is C17H21NO3. The number of carbonyl (C=O) groups is 2. The highest BCUT2D eigenvalue weighted by atomic mass is 16.4. The molecule has 2 rings (SSSR count). The summed E-state index contributed by atoms with van der Waals surface area (Å²) in [5.74, 6) is -0.494. The lowest BCUT2D eigenvalue weighted by Gasteiger charge is -2.26. The van der Waals surface area contributed by atoms with Crippen molar-refractivity contribution in [1.29, 1.82) is 0 Å². The van der Waals surface area contributed by atoms with Gasteiger partial charge < -0.3 is 10.4 Å². The number of amides is 1. The van der Waals surface area contributed by atoms with Gasteiger partial charge in [-0.1, -0.05) is 6.07 Å². The summed E-state index contributed by atoms with van der Waals surface area (Å²) in [6, 6.07) is 5.29. The molecule has 0 heterocycles. The Bertz CT molecular complexity index is 598. The highest BCUT2D eigenvalue weighted by Gasteiger charge is 2.38. The van der Waals surface area contributed by atoms with Crippen molar-refractivity contribution in [2.75, 3.05) is 0 Å². The molecule has 112 valence electrons. The van der Waals surface area contributed by atoms with E-state index in [1.54, 1.807) is 18.2 Å². The lowest BCUT2D eigenvalue weighted by atomic mass is 9.97. The van der Waals surface area contributed by atoms with E-state index in [0.29, 0.717) is 11.5 Å². The summed E-state index contributed by atoms with van der Waals surface area (Å²) in [4.78, 5) is 22.8. The van der Waals surface area contributed by atoms with Crippen molar-refractivity contribution in [3.05, 3.63) is 41.0 Å². The molecule has 1 aromatic carbocycles.